The van der Waals surface area contributed by atoms with Crippen molar-refractivity contribution >= 4 is 0 Å². The Morgan fingerprint density at radius 3 is 2.33 bits per heavy atom. The Bertz CT molecular complexity index is 155. The van der Waals surface area contributed by atoms with Crippen LogP contribution >= 0.6 is 0 Å². The van der Waals surface area contributed by atoms with E-state index in [1.807, 2.05) is 0 Å². The Morgan fingerprint density at radius 1 is 1.42 bits per heavy atom. The third-order valence-electron chi connectivity index (χ3n) is 1.80. The minimum absolute atomic E-state index is 0.652. The molecular formula is C6H11FO5. The van der Waals surface area contributed by atoms with Gasteiger partial charge in [-0.1, -0.05) is 0 Å². The monoisotopic (exact) mass is 182 g/mol. The highest BCUT2D eigenvalue weighted by molar-refractivity contribution is 4.89. The summed E-state index contributed by atoms with van der Waals surface area (Å²) in [5.74, 6) is 0. The predicted octanol–water partition coefficient (Wildman–Crippen LogP) is -2.24. The Morgan fingerprint density at radius 2 is 2.00 bits per heavy atom. The molecule has 1 fully saturated rings. The van der Waals surface area contributed by atoms with Gasteiger partial charge in [0.15, 0.2) is 12.5 Å². The van der Waals surface area contributed by atoms with Crippen LogP contribution in [0, 0.1) is 0 Å². The van der Waals surface area contributed by atoms with Gasteiger partial charge in [-0.2, -0.15) is 0 Å². The quantitative estimate of drug-likeness (QED) is 0.387. The number of rotatable bonds is 2. The molecule has 5 atom stereocenters. The molecule has 1 rings (SSSR count). The van der Waals surface area contributed by atoms with Crippen LogP contribution in [-0.4, -0.2) is 57.8 Å². The molecule has 0 aromatic heterocycles. The van der Waals surface area contributed by atoms with Crippen molar-refractivity contribution in [3.63, 3.8) is 0 Å². The Kier molecular flexibility index (Phi) is 2.97. The van der Waals surface area contributed by atoms with Crippen molar-refractivity contribution in [2.45, 2.75) is 30.8 Å². The smallest absolute Gasteiger partial charge is 0.189 e. The van der Waals surface area contributed by atoms with E-state index in [0.717, 1.165) is 0 Å². The highest BCUT2D eigenvalue weighted by Crippen LogP contribution is 2.24. The van der Waals surface area contributed by atoms with E-state index < -0.39 is 37.4 Å². The number of hydrogen-bond donors (Lipinski definition) is 4. The van der Waals surface area contributed by atoms with E-state index in [2.05, 4.69) is 4.74 Å². The van der Waals surface area contributed by atoms with Gasteiger partial charge in [-0.3, -0.25) is 0 Å². The van der Waals surface area contributed by atoms with Gasteiger partial charge in [0.2, 0.25) is 0 Å². The predicted molar refractivity (Wildman–Crippen MR) is 34.9 cm³/mol. The minimum atomic E-state index is -1.93. The lowest BCUT2D eigenvalue weighted by molar-refractivity contribution is -0.143. The first kappa shape index (κ1) is 9.82. The standard InChI is InChI=1S/C6H11FO5/c7-3-4(10)5(2(9)1-8)12-6(3)11/h2-6,8-11H,1H2/t2-,3-,4-,5+,6+/m1/s1. The van der Waals surface area contributed by atoms with E-state index in [0.29, 0.717) is 0 Å². The highest BCUT2D eigenvalue weighted by atomic mass is 19.1. The molecule has 12 heavy (non-hydrogen) atoms. The maximum absolute atomic E-state index is 12.6. The molecule has 1 aliphatic heterocycles. The van der Waals surface area contributed by atoms with E-state index in [4.69, 9.17) is 20.4 Å². The summed E-state index contributed by atoms with van der Waals surface area (Å²) in [4.78, 5) is 0. The zero-order valence-electron chi connectivity index (χ0n) is 6.17. The van der Waals surface area contributed by atoms with Crippen LogP contribution in [-0.2, 0) is 4.74 Å². The molecule has 0 aromatic carbocycles. The SMILES string of the molecule is OC[C@@H](O)[C@@H]1O[C@H](O)[C@H](F)[C@H]1O. The average Bonchev–Trinajstić information content (AvgIpc) is 2.32. The fourth-order valence-electron chi connectivity index (χ4n) is 1.09. The normalized spacial score (nSPS) is 44.8. The Hall–Kier alpha value is -0.270. The highest BCUT2D eigenvalue weighted by Gasteiger charge is 2.46. The lowest BCUT2D eigenvalue weighted by Gasteiger charge is -2.17. The number of alkyl halides is 1. The second-order valence-electron chi connectivity index (χ2n) is 2.68. The molecule has 0 aliphatic carbocycles. The summed E-state index contributed by atoms with van der Waals surface area (Å²) in [6.07, 6.45) is -7.90. The van der Waals surface area contributed by atoms with Gasteiger partial charge >= 0.3 is 0 Å². The van der Waals surface area contributed by atoms with E-state index in [-0.39, 0.29) is 0 Å². The van der Waals surface area contributed by atoms with Crippen LogP contribution in [0.1, 0.15) is 0 Å². The minimum Gasteiger partial charge on any atom is -0.394 e. The maximum Gasteiger partial charge on any atom is 0.189 e. The molecule has 6 heteroatoms. The summed E-state index contributed by atoms with van der Waals surface area (Å²) in [7, 11) is 0. The van der Waals surface area contributed by atoms with Gasteiger partial charge in [0.05, 0.1) is 6.61 Å². The van der Waals surface area contributed by atoms with Gasteiger partial charge < -0.3 is 25.2 Å². The lowest BCUT2D eigenvalue weighted by Crippen LogP contribution is -2.39. The first-order valence-electron chi connectivity index (χ1n) is 3.52. The van der Waals surface area contributed by atoms with Crippen molar-refractivity contribution in [3.8, 4) is 0 Å². The van der Waals surface area contributed by atoms with Crippen LogP contribution < -0.4 is 0 Å². The van der Waals surface area contributed by atoms with Gasteiger partial charge in [0.1, 0.15) is 18.3 Å². The van der Waals surface area contributed by atoms with Crippen LogP contribution in [0.3, 0.4) is 0 Å². The number of ether oxygens (including phenoxy) is 1. The molecule has 1 aliphatic rings. The van der Waals surface area contributed by atoms with Crippen LogP contribution in [0.5, 0.6) is 0 Å². The molecule has 0 saturated carbocycles. The van der Waals surface area contributed by atoms with Crippen molar-refractivity contribution in [2.24, 2.45) is 0 Å². The number of aliphatic hydroxyl groups is 4. The third kappa shape index (κ3) is 1.57. The molecule has 0 aromatic rings. The molecule has 1 heterocycles. The summed E-state index contributed by atoms with van der Waals surface area (Å²) in [6.45, 7) is -0.652. The Balaban J connectivity index is 2.58. The van der Waals surface area contributed by atoms with E-state index in [1.54, 1.807) is 0 Å². The largest absolute Gasteiger partial charge is 0.394 e. The summed E-state index contributed by atoms with van der Waals surface area (Å²) in [6, 6.07) is 0. The molecular weight excluding hydrogens is 171 g/mol. The molecule has 1 saturated heterocycles. The van der Waals surface area contributed by atoms with Crippen molar-refractivity contribution in [1.82, 2.24) is 0 Å². The molecule has 0 radical (unpaired) electrons. The molecule has 0 spiro atoms. The molecule has 0 bridgehead atoms. The van der Waals surface area contributed by atoms with Crippen molar-refractivity contribution < 1.29 is 29.6 Å². The van der Waals surface area contributed by atoms with Gasteiger partial charge in [-0.25, -0.2) is 4.39 Å². The lowest BCUT2D eigenvalue weighted by atomic mass is 10.1. The third-order valence-corrected chi connectivity index (χ3v) is 1.80. The van der Waals surface area contributed by atoms with E-state index >= 15 is 0 Å². The van der Waals surface area contributed by atoms with Gasteiger partial charge in [-0.05, 0) is 0 Å². The fraction of sp³-hybridized carbons (Fsp3) is 1.00. The maximum atomic E-state index is 12.6. The second-order valence-corrected chi connectivity index (χ2v) is 2.68. The van der Waals surface area contributed by atoms with Gasteiger partial charge in [-0.15, -0.1) is 0 Å². The van der Waals surface area contributed by atoms with Crippen LogP contribution in [0.2, 0.25) is 0 Å². The van der Waals surface area contributed by atoms with Gasteiger partial charge in [0, 0.05) is 0 Å². The molecule has 4 N–H and O–H groups in total. The zero-order chi connectivity index (χ0) is 9.30. The topological polar surface area (TPSA) is 90.2 Å². The fourth-order valence-corrected chi connectivity index (χ4v) is 1.09. The molecule has 5 nitrogen and oxygen atoms in total. The number of aliphatic hydroxyl groups excluding tert-OH is 4. The number of halogens is 1. The average molecular weight is 182 g/mol. The molecule has 0 unspecified atom stereocenters. The van der Waals surface area contributed by atoms with Crippen molar-refractivity contribution in [1.29, 1.82) is 0 Å². The zero-order valence-corrected chi connectivity index (χ0v) is 6.17. The molecule has 0 amide bonds. The van der Waals surface area contributed by atoms with Crippen molar-refractivity contribution in [2.75, 3.05) is 6.61 Å². The summed E-state index contributed by atoms with van der Waals surface area (Å²) in [5, 5.41) is 35.1. The van der Waals surface area contributed by atoms with Gasteiger partial charge in [0.25, 0.3) is 0 Å². The molecule has 72 valence electrons. The second kappa shape index (κ2) is 3.63. The van der Waals surface area contributed by atoms with Crippen LogP contribution in [0.25, 0.3) is 0 Å². The first-order chi connectivity index (χ1) is 5.57. The van der Waals surface area contributed by atoms with Crippen molar-refractivity contribution in [3.05, 3.63) is 0 Å². The number of hydrogen-bond acceptors (Lipinski definition) is 5. The Labute approximate surface area is 68.0 Å². The van der Waals surface area contributed by atoms with E-state index in [9.17, 15) is 4.39 Å². The van der Waals surface area contributed by atoms with E-state index in [1.165, 1.54) is 0 Å². The summed E-state index contributed by atoms with van der Waals surface area (Å²) < 4.78 is 17.1. The van der Waals surface area contributed by atoms with Crippen LogP contribution in [0.4, 0.5) is 4.39 Å². The van der Waals surface area contributed by atoms with Crippen LogP contribution in [0.15, 0.2) is 0 Å². The summed E-state index contributed by atoms with van der Waals surface area (Å²) >= 11 is 0. The summed E-state index contributed by atoms with van der Waals surface area (Å²) in [5.41, 5.74) is 0. The first-order valence-corrected chi connectivity index (χ1v) is 3.52.